The normalized spacial score (nSPS) is 14.7. The Bertz CT molecular complexity index is 467. The predicted molar refractivity (Wildman–Crippen MR) is 75.6 cm³/mol. The molecule has 1 rings (SSSR count). The third-order valence-electron chi connectivity index (χ3n) is 3.25. The Morgan fingerprint density at radius 1 is 1.24 bits per heavy atom. The lowest BCUT2D eigenvalue weighted by molar-refractivity contribution is -0.143. The van der Waals surface area contributed by atoms with E-state index in [-0.39, 0.29) is 13.0 Å². The maximum absolute atomic E-state index is 12.4. The Labute approximate surface area is 123 Å². The van der Waals surface area contributed by atoms with Crippen molar-refractivity contribution in [3.8, 4) is 6.07 Å². The molecule has 21 heavy (non-hydrogen) atoms. The molecule has 1 aromatic carbocycles. The van der Waals surface area contributed by atoms with Gasteiger partial charge in [-0.3, -0.25) is 10.2 Å². The van der Waals surface area contributed by atoms with Crippen LogP contribution in [0.15, 0.2) is 30.3 Å². The summed E-state index contributed by atoms with van der Waals surface area (Å²) in [7, 11) is 1.41. The summed E-state index contributed by atoms with van der Waals surface area (Å²) in [6.07, 6.45) is -3.94. The smallest absolute Gasteiger partial charge is 0.298 e. The molecule has 1 N–H and O–H groups in total. The van der Waals surface area contributed by atoms with Gasteiger partial charge in [-0.15, -0.1) is 0 Å². The molecule has 0 saturated carbocycles. The van der Waals surface area contributed by atoms with E-state index in [1.54, 1.807) is 0 Å². The molecule has 0 heterocycles. The zero-order valence-electron chi connectivity index (χ0n) is 12.2. The summed E-state index contributed by atoms with van der Waals surface area (Å²) in [5.41, 5.74) is -0.190. The monoisotopic (exact) mass is 299 g/mol. The van der Waals surface area contributed by atoms with Gasteiger partial charge in [-0.1, -0.05) is 37.3 Å². The average Bonchev–Trinajstić information content (AvgIpc) is 2.43. The molecule has 0 aromatic heterocycles. The molecule has 1 aromatic rings. The molecule has 116 valence electrons. The molecule has 0 amide bonds. The Hall–Kier alpha value is -1.58. The number of nitrogens with zero attached hydrogens (tertiary/aromatic N) is 2. The van der Waals surface area contributed by atoms with Gasteiger partial charge in [0.05, 0.1) is 12.6 Å². The lowest BCUT2D eigenvalue weighted by Crippen LogP contribution is -2.44. The zero-order valence-corrected chi connectivity index (χ0v) is 12.2. The van der Waals surface area contributed by atoms with Crippen LogP contribution in [0.4, 0.5) is 13.2 Å². The van der Waals surface area contributed by atoms with Gasteiger partial charge >= 0.3 is 6.18 Å². The van der Waals surface area contributed by atoms with E-state index >= 15 is 0 Å². The molecule has 1 atom stereocenters. The fourth-order valence-electron chi connectivity index (χ4n) is 2.26. The third kappa shape index (κ3) is 5.37. The molecule has 0 saturated heterocycles. The van der Waals surface area contributed by atoms with Crippen molar-refractivity contribution in [1.82, 2.24) is 10.2 Å². The fourth-order valence-corrected chi connectivity index (χ4v) is 2.26. The van der Waals surface area contributed by atoms with Crippen LogP contribution in [0.3, 0.4) is 0 Å². The van der Waals surface area contributed by atoms with Crippen LogP contribution in [0.1, 0.15) is 18.9 Å². The summed E-state index contributed by atoms with van der Waals surface area (Å²) in [4.78, 5) is 1.19. The van der Waals surface area contributed by atoms with Crippen LogP contribution >= 0.6 is 0 Å². The van der Waals surface area contributed by atoms with E-state index in [0.29, 0.717) is 6.54 Å². The fraction of sp³-hybridized carbons (Fsp3) is 0.533. The lowest BCUT2D eigenvalue weighted by atomic mass is 9.87. The molecular formula is C15H20F3N3. The summed E-state index contributed by atoms with van der Waals surface area (Å²) in [5.74, 6) is 0. The molecule has 1 unspecified atom stereocenters. The number of nitrogens with one attached hydrogen (secondary N) is 1. The Balaban J connectivity index is 2.83. The summed E-state index contributed by atoms with van der Waals surface area (Å²) in [5, 5.41) is 12.7. The zero-order chi connectivity index (χ0) is 15.9. The molecule has 0 aliphatic heterocycles. The van der Waals surface area contributed by atoms with Crippen LogP contribution in [-0.2, 0) is 5.54 Å². The Morgan fingerprint density at radius 2 is 1.86 bits per heavy atom. The highest BCUT2D eigenvalue weighted by molar-refractivity contribution is 5.31. The molecule has 0 bridgehead atoms. The van der Waals surface area contributed by atoms with E-state index < -0.39 is 18.3 Å². The minimum Gasteiger partial charge on any atom is -0.298 e. The quantitative estimate of drug-likeness (QED) is 0.841. The van der Waals surface area contributed by atoms with E-state index in [4.69, 9.17) is 0 Å². The lowest BCUT2D eigenvalue weighted by Gasteiger charge is -2.30. The van der Waals surface area contributed by atoms with Crippen LogP contribution in [0.2, 0.25) is 0 Å². The van der Waals surface area contributed by atoms with E-state index in [0.717, 1.165) is 5.56 Å². The van der Waals surface area contributed by atoms with Crippen LogP contribution in [0.5, 0.6) is 0 Å². The highest BCUT2D eigenvalue weighted by Gasteiger charge is 2.33. The van der Waals surface area contributed by atoms with Crippen LogP contribution in [-0.4, -0.2) is 37.8 Å². The van der Waals surface area contributed by atoms with Gasteiger partial charge < -0.3 is 0 Å². The number of hydrogen-bond donors (Lipinski definition) is 1. The minimum atomic E-state index is -4.23. The molecule has 0 spiro atoms. The SMILES string of the molecule is CCNC(C#N)(CCN(C)CC(F)(F)F)c1ccccc1. The van der Waals surface area contributed by atoms with Crippen LogP contribution in [0.25, 0.3) is 0 Å². The number of rotatable bonds is 7. The molecule has 6 heteroatoms. The van der Waals surface area contributed by atoms with Crippen molar-refractivity contribution >= 4 is 0 Å². The van der Waals surface area contributed by atoms with Crippen molar-refractivity contribution in [2.24, 2.45) is 0 Å². The number of halogens is 3. The van der Waals surface area contributed by atoms with Crippen LogP contribution < -0.4 is 5.32 Å². The van der Waals surface area contributed by atoms with Gasteiger partial charge in [0.1, 0.15) is 5.54 Å². The molecule has 0 aliphatic carbocycles. The number of nitriles is 1. The van der Waals surface area contributed by atoms with E-state index in [9.17, 15) is 18.4 Å². The van der Waals surface area contributed by atoms with Crippen molar-refractivity contribution in [1.29, 1.82) is 5.26 Å². The first-order valence-corrected chi connectivity index (χ1v) is 6.80. The maximum Gasteiger partial charge on any atom is 0.401 e. The second-order valence-corrected chi connectivity index (χ2v) is 5.02. The van der Waals surface area contributed by atoms with Gasteiger partial charge in [0.25, 0.3) is 0 Å². The first kappa shape index (κ1) is 17.5. The largest absolute Gasteiger partial charge is 0.401 e. The molecule has 0 radical (unpaired) electrons. The summed E-state index contributed by atoms with van der Waals surface area (Å²) in [6.45, 7) is 1.63. The highest BCUT2D eigenvalue weighted by Crippen LogP contribution is 2.25. The predicted octanol–water partition coefficient (Wildman–Crippen LogP) is 2.90. The van der Waals surface area contributed by atoms with Gasteiger partial charge in [-0.25, -0.2) is 0 Å². The van der Waals surface area contributed by atoms with Crippen molar-refractivity contribution in [2.75, 3.05) is 26.7 Å². The minimum absolute atomic E-state index is 0.176. The second-order valence-electron chi connectivity index (χ2n) is 5.02. The van der Waals surface area contributed by atoms with Crippen molar-refractivity contribution < 1.29 is 13.2 Å². The maximum atomic E-state index is 12.4. The summed E-state index contributed by atoms with van der Waals surface area (Å²) >= 11 is 0. The van der Waals surface area contributed by atoms with E-state index in [2.05, 4.69) is 11.4 Å². The van der Waals surface area contributed by atoms with Crippen molar-refractivity contribution in [3.05, 3.63) is 35.9 Å². The molecular weight excluding hydrogens is 279 g/mol. The highest BCUT2D eigenvalue weighted by atomic mass is 19.4. The number of benzene rings is 1. The van der Waals surface area contributed by atoms with Gasteiger partial charge in [-0.05, 0) is 25.6 Å². The molecule has 0 aliphatic rings. The van der Waals surface area contributed by atoms with Gasteiger partial charge in [0.2, 0.25) is 0 Å². The summed E-state index contributed by atoms with van der Waals surface area (Å²) in [6, 6.07) is 11.3. The topological polar surface area (TPSA) is 39.1 Å². The van der Waals surface area contributed by atoms with Crippen molar-refractivity contribution in [2.45, 2.75) is 25.1 Å². The van der Waals surface area contributed by atoms with E-state index in [1.807, 2.05) is 37.3 Å². The average molecular weight is 299 g/mol. The Morgan fingerprint density at radius 3 is 2.33 bits per heavy atom. The van der Waals surface area contributed by atoms with E-state index in [1.165, 1.54) is 11.9 Å². The first-order chi connectivity index (χ1) is 9.83. The number of alkyl halides is 3. The number of hydrogen-bond acceptors (Lipinski definition) is 3. The second kappa shape index (κ2) is 7.43. The van der Waals surface area contributed by atoms with Crippen LogP contribution in [0, 0.1) is 11.3 Å². The standard InChI is InChI=1S/C15H20F3N3/c1-3-20-14(11-19,13-7-5-4-6-8-13)9-10-21(2)12-15(16,17)18/h4-8,20H,3,9-10,12H2,1-2H3. The van der Waals surface area contributed by atoms with Crippen molar-refractivity contribution in [3.63, 3.8) is 0 Å². The third-order valence-corrected chi connectivity index (χ3v) is 3.25. The van der Waals surface area contributed by atoms with Gasteiger partial charge in [-0.2, -0.15) is 18.4 Å². The Kier molecular flexibility index (Phi) is 6.19. The first-order valence-electron chi connectivity index (χ1n) is 6.80. The van der Waals surface area contributed by atoms with Gasteiger partial charge in [0.15, 0.2) is 0 Å². The summed E-state index contributed by atoms with van der Waals surface area (Å²) < 4.78 is 37.1. The molecule has 3 nitrogen and oxygen atoms in total. The molecule has 0 fully saturated rings. The van der Waals surface area contributed by atoms with Gasteiger partial charge in [0, 0.05) is 6.54 Å².